The maximum absolute atomic E-state index is 9.29. The predicted molar refractivity (Wildman–Crippen MR) is 83.0 cm³/mol. The van der Waals surface area contributed by atoms with Gasteiger partial charge in [0.15, 0.2) is 0 Å². The van der Waals surface area contributed by atoms with Gasteiger partial charge in [0.2, 0.25) is 0 Å². The Bertz CT molecular complexity index is 405. The lowest BCUT2D eigenvalue weighted by Crippen LogP contribution is -2.37. The first-order chi connectivity index (χ1) is 8.92. The Labute approximate surface area is 124 Å². The number of nitrogens with zero attached hydrogens (tertiary/aromatic N) is 2. The lowest BCUT2D eigenvalue weighted by atomic mass is 10.1. The molecule has 0 spiro atoms. The van der Waals surface area contributed by atoms with Crippen molar-refractivity contribution in [1.29, 1.82) is 0 Å². The van der Waals surface area contributed by atoms with Crippen LogP contribution in [0.25, 0.3) is 0 Å². The van der Waals surface area contributed by atoms with E-state index in [4.69, 9.17) is 11.6 Å². The minimum absolute atomic E-state index is 0.174. The first-order valence-corrected chi connectivity index (χ1v) is 8.17. The minimum atomic E-state index is 0.174. The van der Waals surface area contributed by atoms with E-state index in [2.05, 4.69) is 31.2 Å². The molecule has 1 aromatic heterocycles. The summed E-state index contributed by atoms with van der Waals surface area (Å²) in [6.07, 6.45) is 2.01. The summed E-state index contributed by atoms with van der Waals surface area (Å²) in [4.78, 5) is 0. The van der Waals surface area contributed by atoms with Crippen molar-refractivity contribution in [2.45, 2.75) is 44.5 Å². The number of nitrogens with one attached hydrogen (secondary N) is 1. The van der Waals surface area contributed by atoms with E-state index < -0.39 is 0 Å². The van der Waals surface area contributed by atoms with Gasteiger partial charge in [0.25, 0.3) is 0 Å². The van der Waals surface area contributed by atoms with E-state index in [1.165, 1.54) is 0 Å². The number of hydrogen-bond acceptors (Lipinski definition) is 4. The second-order valence-electron chi connectivity index (χ2n) is 5.06. The second kappa shape index (κ2) is 7.53. The summed E-state index contributed by atoms with van der Waals surface area (Å²) in [5.74, 6) is 0.347. The van der Waals surface area contributed by atoms with Gasteiger partial charge in [-0.25, -0.2) is 0 Å². The highest BCUT2D eigenvalue weighted by atomic mass is 35.5. The molecule has 110 valence electrons. The van der Waals surface area contributed by atoms with Gasteiger partial charge < -0.3 is 10.4 Å². The third kappa shape index (κ3) is 4.12. The van der Waals surface area contributed by atoms with Crippen molar-refractivity contribution in [1.82, 2.24) is 15.1 Å². The average molecular weight is 306 g/mol. The average Bonchev–Trinajstić information content (AvgIpc) is 2.65. The van der Waals surface area contributed by atoms with E-state index in [1.54, 1.807) is 16.4 Å². The molecule has 2 unspecified atom stereocenters. The predicted octanol–water partition coefficient (Wildman–Crippen LogP) is 2.40. The van der Waals surface area contributed by atoms with Gasteiger partial charge in [-0.1, -0.05) is 25.4 Å². The molecule has 0 aliphatic rings. The fourth-order valence-electron chi connectivity index (χ4n) is 2.03. The molecule has 1 rings (SSSR count). The van der Waals surface area contributed by atoms with Crippen molar-refractivity contribution in [3.8, 4) is 0 Å². The Morgan fingerprint density at radius 1 is 1.42 bits per heavy atom. The topological polar surface area (TPSA) is 50.1 Å². The van der Waals surface area contributed by atoms with E-state index in [0.29, 0.717) is 17.6 Å². The molecule has 0 saturated heterocycles. The summed E-state index contributed by atoms with van der Waals surface area (Å²) in [6.45, 7) is 7.16. The molecule has 19 heavy (non-hydrogen) atoms. The first kappa shape index (κ1) is 16.8. The van der Waals surface area contributed by atoms with Crippen molar-refractivity contribution in [3.63, 3.8) is 0 Å². The van der Waals surface area contributed by atoms with Crippen LogP contribution in [0.15, 0.2) is 0 Å². The number of aliphatic hydroxyl groups is 1. The number of halogens is 1. The fourth-order valence-corrected chi connectivity index (χ4v) is 2.88. The molecule has 0 saturated carbocycles. The standard InChI is InChI=1S/C13H24ClN3OS/c1-8(2)12-10(13(14)17(4)16-12)6-15-9(3)11(7-18)19-5/h8-9,11,15,18H,6-7H2,1-5H3. The molecule has 1 aromatic rings. The molecule has 0 bridgehead atoms. The molecule has 1 heterocycles. The lowest BCUT2D eigenvalue weighted by Gasteiger charge is -2.21. The second-order valence-corrected chi connectivity index (χ2v) is 6.49. The summed E-state index contributed by atoms with van der Waals surface area (Å²) < 4.78 is 1.72. The van der Waals surface area contributed by atoms with Gasteiger partial charge in [-0.15, -0.1) is 0 Å². The maximum Gasteiger partial charge on any atom is 0.131 e. The highest BCUT2D eigenvalue weighted by Gasteiger charge is 2.19. The third-order valence-corrected chi connectivity index (χ3v) is 4.92. The van der Waals surface area contributed by atoms with Gasteiger partial charge in [-0.2, -0.15) is 16.9 Å². The van der Waals surface area contributed by atoms with Crippen LogP contribution in [0.2, 0.25) is 5.15 Å². The number of aliphatic hydroxyl groups excluding tert-OH is 1. The zero-order valence-electron chi connectivity index (χ0n) is 12.3. The Morgan fingerprint density at radius 2 is 2.05 bits per heavy atom. The Morgan fingerprint density at radius 3 is 2.53 bits per heavy atom. The molecule has 0 radical (unpaired) electrons. The van der Waals surface area contributed by atoms with Gasteiger partial charge in [-0.05, 0) is 19.1 Å². The third-order valence-electron chi connectivity index (χ3n) is 3.29. The molecule has 2 N–H and O–H groups in total. The van der Waals surface area contributed by atoms with Crippen molar-refractivity contribution in [2.24, 2.45) is 7.05 Å². The molecule has 0 fully saturated rings. The van der Waals surface area contributed by atoms with Crippen LogP contribution in [-0.2, 0) is 13.6 Å². The summed E-state index contributed by atoms with van der Waals surface area (Å²) in [5.41, 5.74) is 2.10. The van der Waals surface area contributed by atoms with E-state index >= 15 is 0 Å². The number of aryl methyl sites for hydroxylation is 1. The molecule has 0 aliphatic heterocycles. The number of aromatic nitrogens is 2. The largest absolute Gasteiger partial charge is 0.395 e. The van der Waals surface area contributed by atoms with Gasteiger partial charge in [0.1, 0.15) is 5.15 Å². The first-order valence-electron chi connectivity index (χ1n) is 6.50. The molecule has 2 atom stereocenters. The van der Waals surface area contributed by atoms with Gasteiger partial charge in [0.05, 0.1) is 12.3 Å². The maximum atomic E-state index is 9.29. The van der Waals surface area contributed by atoms with Crippen LogP contribution in [0.1, 0.15) is 37.9 Å². The van der Waals surface area contributed by atoms with Crippen LogP contribution < -0.4 is 5.32 Å². The number of rotatable bonds is 7. The molecule has 0 amide bonds. The molecule has 6 heteroatoms. The van der Waals surface area contributed by atoms with E-state index in [9.17, 15) is 5.11 Å². The van der Waals surface area contributed by atoms with Crippen LogP contribution in [0.4, 0.5) is 0 Å². The van der Waals surface area contributed by atoms with Crippen molar-refractivity contribution in [2.75, 3.05) is 12.9 Å². The molecule has 0 aromatic carbocycles. The summed E-state index contributed by atoms with van der Waals surface area (Å²) in [6, 6.07) is 0.219. The highest BCUT2D eigenvalue weighted by Crippen LogP contribution is 2.25. The normalized spacial score (nSPS) is 14.9. The Hall–Kier alpha value is -0.230. The van der Waals surface area contributed by atoms with Gasteiger partial charge >= 0.3 is 0 Å². The Kier molecular flexibility index (Phi) is 6.66. The van der Waals surface area contributed by atoms with Crippen LogP contribution in [-0.4, -0.2) is 39.0 Å². The zero-order chi connectivity index (χ0) is 14.6. The van der Waals surface area contributed by atoms with Crippen molar-refractivity contribution in [3.05, 3.63) is 16.4 Å². The molecular formula is C13H24ClN3OS. The lowest BCUT2D eigenvalue weighted by molar-refractivity contribution is 0.276. The van der Waals surface area contributed by atoms with Crippen LogP contribution >= 0.6 is 23.4 Å². The van der Waals surface area contributed by atoms with Crippen LogP contribution in [0.5, 0.6) is 0 Å². The number of hydrogen-bond donors (Lipinski definition) is 2. The monoisotopic (exact) mass is 305 g/mol. The Balaban J connectivity index is 2.77. The molecule has 0 aliphatic carbocycles. The summed E-state index contributed by atoms with van der Waals surface area (Å²) in [7, 11) is 1.86. The van der Waals surface area contributed by atoms with Crippen molar-refractivity contribution >= 4 is 23.4 Å². The fraction of sp³-hybridized carbons (Fsp3) is 0.769. The van der Waals surface area contributed by atoms with Gasteiger partial charge in [0, 0.05) is 30.4 Å². The smallest absolute Gasteiger partial charge is 0.131 e. The van der Waals surface area contributed by atoms with Crippen LogP contribution in [0, 0.1) is 0 Å². The number of thioether (sulfide) groups is 1. The summed E-state index contributed by atoms with van der Waals surface area (Å²) >= 11 is 7.96. The SMILES string of the molecule is CSC(CO)C(C)NCc1c(C(C)C)nn(C)c1Cl. The zero-order valence-corrected chi connectivity index (χ0v) is 13.8. The highest BCUT2D eigenvalue weighted by molar-refractivity contribution is 7.99. The molecule has 4 nitrogen and oxygen atoms in total. The summed E-state index contributed by atoms with van der Waals surface area (Å²) in [5, 5.41) is 18.1. The van der Waals surface area contributed by atoms with Crippen LogP contribution in [0.3, 0.4) is 0 Å². The van der Waals surface area contributed by atoms with E-state index in [0.717, 1.165) is 11.3 Å². The quantitative estimate of drug-likeness (QED) is 0.812. The van der Waals surface area contributed by atoms with Gasteiger partial charge in [-0.3, -0.25) is 4.68 Å². The van der Waals surface area contributed by atoms with E-state index in [-0.39, 0.29) is 17.9 Å². The molecular weight excluding hydrogens is 282 g/mol. The van der Waals surface area contributed by atoms with Crippen molar-refractivity contribution < 1.29 is 5.11 Å². The minimum Gasteiger partial charge on any atom is -0.395 e. The van der Waals surface area contributed by atoms with E-state index in [1.807, 2.05) is 13.3 Å².